The van der Waals surface area contributed by atoms with Gasteiger partial charge < -0.3 is 25.2 Å². The van der Waals surface area contributed by atoms with Gasteiger partial charge in [-0.25, -0.2) is 9.78 Å². The Morgan fingerprint density at radius 1 is 1.15 bits per heavy atom. The number of hydrogen-bond donors (Lipinski definition) is 2. The number of nitrogens with one attached hydrogen (secondary N) is 2. The van der Waals surface area contributed by atoms with Gasteiger partial charge in [-0.05, 0) is 37.4 Å². The lowest BCUT2D eigenvalue weighted by molar-refractivity contribution is 0.251. The Bertz CT molecular complexity index is 727. The van der Waals surface area contributed by atoms with Crippen molar-refractivity contribution in [2.75, 3.05) is 50.6 Å². The number of pyridine rings is 1. The molecule has 26 heavy (non-hydrogen) atoms. The van der Waals surface area contributed by atoms with E-state index in [4.69, 9.17) is 4.74 Å². The number of methoxy groups -OCH3 is 1. The summed E-state index contributed by atoms with van der Waals surface area (Å²) in [6.07, 6.45) is 1.80. The Balaban J connectivity index is 1.58. The van der Waals surface area contributed by atoms with Gasteiger partial charge in [0.15, 0.2) is 0 Å². The molecule has 7 nitrogen and oxygen atoms in total. The number of piperazine rings is 1. The van der Waals surface area contributed by atoms with Gasteiger partial charge in [0.2, 0.25) is 0 Å². The lowest BCUT2D eigenvalue weighted by Gasteiger charge is -2.34. The van der Waals surface area contributed by atoms with Gasteiger partial charge in [0.05, 0.1) is 7.11 Å². The van der Waals surface area contributed by atoms with Gasteiger partial charge in [0.25, 0.3) is 0 Å². The number of aromatic nitrogens is 1. The fourth-order valence-corrected chi connectivity index (χ4v) is 2.90. The summed E-state index contributed by atoms with van der Waals surface area (Å²) in [5.41, 5.74) is 1.73. The fraction of sp³-hybridized carbons (Fsp3) is 0.368. The van der Waals surface area contributed by atoms with Crippen LogP contribution < -0.4 is 20.3 Å². The molecule has 3 rings (SSSR count). The van der Waals surface area contributed by atoms with Gasteiger partial charge in [-0.2, -0.15) is 0 Å². The fourth-order valence-electron chi connectivity index (χ4n) is 2.90. The monoisotopic (exact) mass is 355 g/mol. The van der Waals surface area contributed by atoms with Crippen LogP contribution in [-0.2, 0) is 6.54 Å². The topological polar surface area (TPSA) is 69.7 Å². The molecule has 7 heteroatoms. The molecule has 2 heterocycles. The molecule has 0 aliphatic carbocycles. The number of benzene rings is 1. The number of carbonyl (C=O) groups excluding carboxylic acids is 1. The van der Waals surface area contributed by atoms with Crippen LogP contribution in [0.3, 0.4) is 0 Å². The van der Waals surface area contributed by atoms with Crippen LogP contribution in [0.2, 0.25) is 0 Å². The highest BCUT2D eigenvalue weighted by atomic mass is 16.5. The molecule has 1 aliphatic rings. The van der Waals surface area contributed by atoms with Gasteiger partial charge in [-0.1, -0.05) is 6.07 Å². The molecule has 0 unspecified atom stereocenters. The molecule has 0 radical (unpaired) electrons. The quantitative estimate of drug-likeness (QED) is 0.860. The first-order valence-corrected chi connectivity index (χ1v) is 8.72. The van der Waals surface area contributed by atoms with Crippen molar-refractivity contribution < 1.29 is 9.53 Å². The van der Waals surface area contributed by atoms with Gasteiger partial charge in [0, 0.05) is 50.2 Å². The lowest BCUT2D eigenvalue weighted by atomic mass is 10.2. The number of hydrogen-bond acceptors (Lipinski definition) is 5. The minimum Gasteiger partial charge on any atom is -0.497 e. The zero-order chi connectivity index (χ0) is 18.4. The molecule has 1 fully saturated rings. The molecule has 138 valence electrons. The summed E-state index contributed by atoms with van der Waals surface area (Å²) < 4.78 is 5.11. The van der Waals surface area contributed by atoms with Gasteiger partial charge in [0.1, 0.15) is 11.6 Å². The molecule has 0 atom stereocenters. The molecule has 0 spiro atoms. The van der Waals surface area contributed by atoms with E-state index in [1.54, 1.807) is 25.4 Å². The summed E-state index contributed by atoms with van der Waals surface area (Å²) >= 11 is 0. The highest BCUT2D eigenvalue weighted by Gasteiger charge is 2.18. The summed E-state index contributed by atoms with van der Waals surface area (Å²) in [4.78, 5) is 21.3. The van der Waals surface area contributed by atoms with Crippen molar-refractivity contribution in [3.8, 4) is 5.75 Å². The Kier molecular flexibility index (Phi) is 5.91. The number of likely N-dealkylation sites (N-methyl/N-ethyl adjacent to an activating group) is 1. The summed E-state index contributed by atoms with van der Waals surface area (Å²) in [5, 5.41) is 5.73. The highest BCUT2D eigenvalue weighted by molar-refractivity contribution is 5.89. The molecule has 1 aliphatic heterocycles. The molecule has 2 aromatic rings. The molecular weight excluding hydrogens is 330 g/mol. The average molecular weight is 355 g/mol. The van der Waals surface area contributed by atoms with Crippen LogP contribution in [0.4, 0.5) is 16.3 Å². The van der Waals surface area contributed by atoms with Crippen LogP contribution in [0.25, 0.3) is 0 Å². The number of amides is 2. The van der Waals surface area contributed by atoms with E-state index in [1.807, 2.05) is 24.3 Å². The maximum atomic E-state index is 12.2. The van der Waals surface area contributed by atoms with E-state index >= 15 is 0 Å². The number of carbonyl (C=O) groups is 1. The smallest absolute Gasteiger partial charge is 0.319 e. The largest absolute Gasteiger partial charge is 0.497 e. The van der Waals surface area contributed by atoms with E-state index in [9.17, 15) is 4.79 Å². The number of nitrogens with zero attached hydrogens (tertiary/aromatic N) is 3. The molecule has 1 aromatic carbocycles. The van der Waals surface area contributed by atoms with E-state index in [0.717, 1.165) is 43.3 Å². The van der Waals surface area contributed by atoms with Crippen molar-refractivity contribution in [1.29, 1.82) is 0 Å². The summed E-state index contributed by atoms with van der Waals surface area (Å²) in [5.74, 6) is 1.70. The SMILES string of the molecule is COc1ccc(NC(=O)NCc2cccnc2N2CCN(C)CC2)cc1. The Morgan fingerprint density at radius 3 is 2.58 bits per heavy atom. The van der Waals surface area contributed by atoms with Gasteiger partial charge in [-0.15, -0.1) is 0 Å². The molecule has 0 saturated carbocycles. The molecule has 2 N–H and O–H groups in total. The lowest BCUT2D eigenvalue weighted by Crippen LogP contribution is -2.45. The van der Waals surface area contributed by atoms with E-state index in [-0.39, 0.29) is 6.03 Å². The number of urea groups is 1. The second kappa shape index (κ2) is 8.53. The second-order valence-electron chi connectivity index (χ2n) is 6.31. The third-order valence-corrected chi connectivity index (χ3v) is 4.46. The van der Waals surface area contributed by atoms with Crippen LogP contribution in [0.1, 0.15) is 5.56 Å². The standard InChI is InChI=1S/C19H25N5O2/c1-23-10-12-24(13-11-23)18-15(4-3-9-20-18)14-21-19(25)22-16-5-7-17(26-2)8-6-16/h3-9H,10-14H2,1-2H3,(H2,21,22,25). The Hall–Kier alpha value is -2.80. The van der Waals surface area contributed by atoms with Crippen molar-refractivity contribution in [2.45, 2.75) is 6.54 Å². The minimum atomic E-state index is -0.247. The van der Waals surface area contributed by atoms with Crippen molar-refractivity contribution in [3.05, 3.63) is 48.2 Å². The second-order valence-corrected chi connectivity index (χ2v) is 6.31. The van der Waals surface area contributed by atoms with Crippen LogP contribution >= 0.6 is 0 Å². The molecular formula is C19H25N5O2. The third kappa shape index (κ3) is 4.64. The zero-order valence-electron chi connectivity index (χ0n) is 15.2. The van der Waals surface area contributed by atoms with E-state index in [2.05, 4.69) is 32.5 Å². The average Bonchev–Trinajstić information content (AvgIpc) is 2.68. The van der Waals surface area contributed by atoms with Crippen molar-refractivity contribution in [3.63, 3.8) is 0 Å². The van der Waals surface area contributed by atoms with Crippen LogP contribution in [0.15, 0.2) is 42.6 Å². The first kappa shape index (κ1) is 18.0. The molecule has 1 saturated heterocycles. The van der Waals surface area contributed by atoms with Gasteiger partial charge >= 0.3 is 6.03 Å². The van der Waals surface area contributed by atoms with Crippen LogP contribution in [-0.4, -0.2) is 56.3 Å². The maximum Gasteiger partial charge on any atom is 0.319 e. The minimum absolute atomic E-state index is 0.247. The number of ether oxygens (including phenoxy) is 1. The van der Waals surface area contributed by atoms with E-state index in [0.29, 0.717) is 12.2 Å². The van der Waals surface area contributed by atoms with E-state index in [1.165, 1.54) is 0 Å². The van der Waals surface area contributed by atoms with Crippen molar-refractivity contribution in [2.24, 2.45) is 0 Å². The Labute approximate surface area is 154 Å². The summed E-state index contributed by atoms with van der Waals surface area (Å²) in [6, 6.07) is 10.9. The van der Waals surface area contributed by atoms with Crippen LogP contribution in [0, 0.1) is 0 Å². The summed E-state index contributed by atoms with van der Waals surface area (Å²) in [7, 11) is 3.74. The molecule has 1 aromatic heterocycles. The maximum absolute atomic E-state index is 12.2. The predicted octanol–water partition coefficient (Wildman–Crippen LogP) is 2.16. The highest BCUT2D eigenvalue weighted by Crippen LogP contribution is 2.19. The first-order chi connectivity index (χ1) is 12.7. The molecule has 0 bridgehead atoms. The normalized spacial score (nSPS) is 14.8. The van der Waals surface area contributed by atoms with Crippen molar-refractivity contribution >= 4 is 17.5 Å². The number of anilines is 2. The Morgan fingerprint density at radius 2 is 1.88 bits per heavy atom. The predicted molar refractivity (Wildman–Crippen MR) is 103 cm³/mol. The zero-order valence-corrected chi connectivity index (χ0v) is 15.2. The van der Waals surface area contributed by atoms with Gasteiger partial charge in [-0.3, -0.25) is 0 Å². The summed E-state index contributed by atoms with van der Waals surface area (Å²) in [6.45, 7) is 4.34. The first-order valence-electron chi connectivity index (χ1n) is 8.72. The van der Waals surface area contributed by atoms with E-state index < -0.39 is 0 Å². The van der Waals surface area contributed by atoms with Crippen LogP contribution in [0.5, 0.6) is 5.75 Å². The third-order valence-electron chi connectivity index (χ3n) is 4.46. The van der Waals surface area contributed by atoms with Crippen molar-refractivity contribution in [1.82, 2.24) is 15.2 Å². The number of rotatable bonds is 5. The molecule has 2 amide bonds.